The van der Waals surface area contributed by atoms with Crippen LogP contribution in [0.25, 0.3) is 5.57 Å². The average molecular weight is 382 g/mol. The Morgan fingerprint density at radius 1 is 1.00 bits per heavy atom. The van der Waals surface area contributed by atoms with E-state index in [-0.39, 0.29) is 29.4 Å². The van der Waals surface area contributed by atoms with E-state index in [1.807, 2.05) is 20.8 Å². The smallest absolute Gasteiger partial charge is 0.278 e. The number of hydrogen-bond acceptors (Lipinski definition) is 4. The standard InChI is InChI=1S/C22H23FN2O3/c1-4-13-25-21(26)19(15-5-11-18(12-6-15)28-14(2)3)20(22(25)27)24-17-9-7-16(23)8-10-17/h5-12,14,24H,4,13H2,1-3H3. The van der Waals surface area contributed by atoms with Crippen LogP contribution in [0.1, 0.15) is 32.8 Å². The minimum Gasteiger partial charge on any atom is -0.491 e. The first kappa shape index (κ1) is 19.6. The first-order chi connectivity index (χ1) is 13.4. The van der Waals surface area contributed by atoms with E-state index in [4.69, 9.17) is 4.74 Å². The molecule has 3 rings (SSSR count). The van der Waals surface area contributed by atoms with Gasteiger partial charge in [-0.3, -0.25) is 14.5 Å². The second-order valence-corrected chi connectivity index (χ2v) is 6.83. The van der Waals surface area contributed by atoms with Gasteiger partial charge in [0.25, 0.3) is 11.8 Å². The van der Waals surface area contributed by atoms with Crippen molar-refractivity contribution in [2.45, 2.75) is 33.3 Å². The molecule has 6 heteroatoms. The lowest BCUT2D eigenvalue weighted by molar-refractivity contribution is -0.136. The highest BCUT2D eigenvalue weighted by atomic mass is 19.1. The zero-order chi connectivity index (χ0) is 20.3. The van der Waals surface area contributed by atoms with Gasteiger partial charge < -0.3 is 10.1 Å². The molecule has 0 saturated carbocycles. The highest BCUT2D eigenvalue weighted by Gasteiger charge is 2.38. The highest BCUT2D eigenvalue weighted by Crippen LogP contribution is 2.31. The largest absolute Gasteiger partial charge is 0.491 e. The molecule has 0 aromatic heterocycles. The molecule has 2 amide bonds. The first-order valence-corrected chi connectivity index (χ1v) is 9.31. The number of amides is 2. The molecule has 0 spiro atoms. The Labute approximate surface area is 163 Å². The second kappa shape index (κ2) is 8.25. The number of imide groups is 1. The molecule has 28 heavy (non-hydrogen) atoms. The predicted octanol–water partition coefficient (Wildman–Crippen LogP) is 4.21. The number of carbonyl (C=O) groups excluding carboxylic acids is 2. The van der Waals surface area contributed by atoms with E-state index in [0.717, 1.165) is 0 Å². The number of rotatable bonds is 7. The van der Waals surface area contributed by atoms with Gasteiger partial charge in [0.2, 0.25) is 0 Å². The Balaban J connectivity index is 1.99. The third kappa shape index (κ3) is 4.06. The molecular formula is C22H23FN2O3. The molecule has 0 fully saturated rings. The van der Waals surface area contributed by atoms with E-state index < -0.39 is 0 Å². The fourth-order valence-electron chi connectivity index (χ4n) is 3.04. The van der Waals surface area contributed by atoms with E-state index in [9.17, 15) is 14.0 Å². The number of ether oxygens (including phenoxy) is 1. The summed E-state index contributed by atoms with van der Waals surface area (Å²) in [4.78, 5) is 27.0. The molecule has 1 aliphatic rings. The maximum Gasteiger partial charge on any atom is 0.278 e. The van der Waals surface area contributed by atoms with Crippen LogP contribution in [0.4, 0.5) is 10.1 Å². The van der Waals surface area contributed by atoms with Crippen LogP contribution in [0.5, 0.6) is 5.75 Å². The van der Waals surface area contributed by atoms with E-state index in [0.29, 0.717) is 35.5 Å². The lowest BCUT2D eigenvalue weighted by atomic mass is 10.0. The average Bonchev–Trinajstić information content (AvgIpc) is 2.89. The maximum atomic E-state index is 13.2. The number of nitrogens with zero attached hydrogens (tertiary/aromatic N) is 1. The van der Waals surface area contributed by atoms with Crippen LogP contribution in [0.2, 0.25) is 0 Å². The molecule has 5 nitrogen and oxygen atoms in total. The summed E-state index contributed by atoms with van der Waals surface area (Å²) in [5.41, 5.74) is 1.66. The van der Waals surface area contributed by atoms with Crippen molar-refractivity contribution in [2.24, 2.45) is 0 Å². The van der Waals surface area contributed by atoms with Gasteiger partial charge in [0.15, 0.2) is 0 Å². The van der Waals surface area contributed by atoms with Gasteiger partial charge in [-0.15, -0.1) is 0 Å². The molecule has 0 bridgehead atoms. The predicted molar refractivity (Wildman–Crippen MR) is 106 cm³/mol. The number of carbonyl (C=O) groups is 2. The van der Waals surface area contributed by atoms with Gasteiger partial charge in [0.1, 0.15) is 17.3 Å². The Kier molecular flexibility index (Phi) is 5.78. The third-order valence-corrected chi connectivity index (χ3v) is 4.24. The van der Waals surface area contributed by atoms with Crippen molar-refractivity contribution in [3.8, 4) is 5.75 Å². The van der Waals surface area contributed by atoms with Gasteiger partial charge in [0.05, 0.1) is 11.7 Å². The number of halogens is 1. The van der Waals surface area contributed by atoms with Crippen LogP contribution >= 0.6 is 0 Å². The Morgan fingerprint density at radius 2 is 1.64 bits per heavy atom. The van der Waals surface area contributed by atoms with E-state index in [1.54, 1.807) is 24.3 Å². The zero-order valence-electron chi connectivity index (χ0n) is 16.2. The molecule has 2 aromatic carbocycles. The molecule has 0 radical (unpaired) electrons. The van der Waals surface area contributed by atoms with Gasteiger partial charge >= 0.3 is 0 Å². The van der Waals surface area contributed by atoms with Crippen molar-refractivity contribution in [1.82, 2.24) is 4.90 Å². The Hall–Kier alpha value is -3.15. The number of benzene rings is 2. The summed E-state index contributed by atoms with van der Waals surface area (Å²) in [7, 11) is 0. The monoisotopic (exact) mass is 382 g/mol. The van der Waals surface area contributed by atoms with Crippen molar-refractivity contribution in [3.63, 3.8) is 0 Å². The molecule has 2 aromatic rings. The number of nitrogens with one attached hydrogen (secondary N) is 1. The summed E-state index contributed by atoms with van der Waals surface area (Å²) in [6.45, 7) is 6.11. The summed E-state index contributed by atoms with van der Waals surface area (Å²) >= 11 is 0. The van der Waals surface area contributed by atoms with Gasteiger partial charge in [-0.2, -0.15) is 0 Å². The van der Waals surface area contributed by atoms with Gasteiger partial charge in [-0.05, 0) is 62.2 Å². The van der Waals surface area contributed by atoms with E-state index >= 15 is 0 Å². The summed E-state index contributed by atoms with van der Waals surface area (Å²) in [6, 6.07) is 12.7. The van der Waals surface area contributed by atoms with E-state index in [2.05, 4.69) is 5.32 Å². The molecule has 0 atom stereocenters. The van der Waals surface area contributed by atoms with Crippen LogP contribution in [0.15, 0.2) is 54.2 Å². The van der Waals surface area contributed by atoms with Crippen molar-refractivity contribution < 1.29 is 18.7 Å². The third-order valence-electron chi connectivity index (χ3n) is 4.24. The van der Waals surface area contributed by atoms with Crippen molar-refractivity contribution in [3.05, 3.63) is 65.6 Å². The summed E-state index contributed by atoms with van der Waals surface area (Å²) in [5.74, 6) is -0.404. The lowest BCUT2D eigenvalue weighted by Crippen LogP contribution is -2.33. The van der Waals surface area contributed by atoms with Crippen LogP contribution in [-0.2, 0) is 9.59 Å². The molecule has 1 heterocycles. The molecule has 0 unspecified atom stereocenters. The lowest BCUT2D eigenvalue weighted by Gasteiger charge is -2.14. The van der Waals surface area contributed by atoms with Crippen LogP contribution in [0.3, 0.4) is 0 Å². The summed E-state index contributed by atoms with van der Waals surface area (Å²) < 4.78 is 18.8. The molecule has 0 saturated heterocycles. The zero-order valence-corrected chi connectivity index (χ0v) is 16.2. The molecule has 0 aliphatic carbocycles. The van der Waals surface area contributed by atoms with Crippen LogP contribution < -0.4 is 10.1 Å². The summed E-state index contributed by atoms with van der Waals surface area (Å²) in [5, 5.41) is 3.00. The minimum atomic E-state index is -0.381. The normalized spacial score (nSPS) is 14.2. The minimum absolute atomic E-state index is 0.0375. The summed E-state index contributed by atoms with van der Waals surface area (Å²) in [6.07, 6.45) is 0.700. The van der Waals surface area contributed by atoms with Gasteiger partial charge in [-0.1, -0.05) is 19.1 Å². The Morgan fingerprint density at radius 3 is 2.21 bits per heavy atom. The number of anilines is 1. The molecular weight excluding hydrogens is 359 g/mol. The number of hydrogen-bond donors (Lipinski definition) is 1. The fourth-order valence-corrected chi connectivity index (χ4v) is 3.04. The topological polar surface area (TPSA) is 58.6 Å². The van der Waals surface area contributed by atoms with Gasteiger partial charge in [0, 0.05) is 12.2 Å². The van der Waals surface area contributed by atoms with Crippen molar-refractivity contribution in [2.75, 3.05) is 11.9 Å². The quantitative estimate of drug-likeness (QED) is 0.729. The Bertz CT molecular complexity index is 902. The van der Waals surface area contributed by atoms with E-state index in [1.165, 1.54) is 29.2 Å². The second-order valence-electron chi connectivity index (χ2n) is 6.83. The molecule has 1 N–H and O–H groups in total. The molecule has 1 aliphatic heterocycles. The highest BCUT2D eigenvalue weighted by molar-refractivity contribution is 6.36. The van der Waals surface area contributed by atoms with Gasteiger partial charge in [-0.25, -0.2) is 4.39 Å². The first-order valence-electron chi connectivity index (χ1n) is 9.31. The van der Waals surface area contributed by atoms with Crippen LogP contribution in [-0.4, -0.2) is 29.4 Å². The van der Waals surface area contributed by atoms with Crippen LogP contribution in [0, 0.1) is 5.82 Å². The van der Waals surface area contributed by atoms with Crippen molar-refractivity contribution in [1.29, 1.82) is 0 Å². The molecule has 146 valence electrons. The maximum absolute atomic E-state index is 13.2. The SMILES string of the molecule is CCCN1C(=O)C(Nc2ccc(F)cc2)=C(c2ccc(OC(C)C)cc2)C1=O. The fraction of sp³-hybridized carbons (Fsp3) is 0.273. The van der Waals surface area contributed by atoms with Crippen molar-refractivity contribution >= 4 is 23.1 Å².